The molecule has 0 saturated carbocycles. The minimum atomic E-state index is -0.156. The van der Waals surface area contributed by atoms with Crippen molar-refractivity contribution in [1.82, 2.24) is 15.1 Å². The Bertz CT molecular complexity index is 1110. The molecule has 4 aromatic rings. The molecule has 1 amide bonds. The van der Waals surface area contributed by atoms with E-state index in [0.29, 0.717) is 13.1 Å². The topological polar surface area (TPSA) is 64.5 Å². The summed E-state index contributed by atoms with van der Waals surface area (Å²) in [6.07, 6.45) is 3.68. The summed E-state index contributed by atoms with van der Waals surface area (Å²) in [5.74, 6) is 0.736. The number of hydrogen-bond acceptors (Lipinski definition) is 3. The van der Waals surface area contributed by atoms with E-state index < -0.39 is 0 Å². The number of carbonyl (C=O) groups is 1. The Hall–Kier alpha value is -3.64. The number of amides is 1. The first-order valence-corrected chi connectivity index (χ1v) is 10.4. The smallest absolute Gasteiger partial charge is 0.275 e. The van der Waals surface area contributed by atoms with E-state index in [1.807, 2.05) is 79.3 Å². The molecule has 2 N–H and O–H groups in total. The first kappa shape index (κ1) is 20.6. The van der Waals surface area contributed by atoms with E-state index in [9.17, 15) is 4.79 Å². The summed E-state index contributed by atoms with van der Waals surface area (Å²) in [7, 11) is 2.02. The van der Waals surface area contributed by atoms with Crippen molar-refractivity contribution < 1.29 is 14.1 Å². The van der Waals surface area contributed by atoms with Crippen molar-refractivity contribution in [2.45, 2.75) is 19.5 Å². The van der Waals surface area contributed by atoms with E-state index in [0.717, 1.165) is 33.2 Å². The summed E-state index contributed by atoms with van der Waals surface area (Å²) in [6, 6.07) is 23.8. The molecule has 2 heterocycles. The number of nitrogens with one attached hydrogen (secondary N) is 2. The Morgan fingerprint density at radius 3 is 2.45 bits per heavy atom. The summed E-state index contributed by atoms with van der Waals surface area (Å²) in [5.41, 5.74) is 4.11. The second-order valence-corrected chi connectivity index (χ2v) is 7.76. The summed E-state index contributed by atoms with van der Waals surface area (Å²) in [6.45, 7) is 2.96. The van der Waals surface area contributed by atoms with E-state index in [-0.39, 0.29) is 11.9 Å². The maximum Gasteiger partial charge on any atom is 0.275 e. The molecule has 4 rings (SSSR count). The summed E-state index contributed by atoms with van der Waals surface area (Å²) >= 11 is 0. The third kappa shape index (κ3) is 5.10. The van der Waals surface area contributed by atoms with Crippen LogP contribution in [0.15, 0.2) is 89.7 Å². The second kappa shape index (κ2) is 9.45. The van der Waals surface area contributed by atoms with Gasteiger partial charge in [0.05, 0.1) is 30.6 Å². The van der Waals surface area contributed by atoms with Gasteiger partial charge in [-0.05, 0) is 31.2 Å². The van der Waals surface area contributed by atoms with Crippen molar-refractivity contribution in [2.75, 3.05) is 13.6 Å². The molecule has 158 valence electrons. The molecule has 2 aromatic heterocycles. The van der Waals surface area contributed by atoms with Crippen LogP contribution in [0.3, 0.4) is 0 Å². The highest BCUT2D eigenvalue weighted by atomic mass is 16.3. The van der Waals surface area contributed by atoms with Crippen LogP contribution >= 0.6 is 0 Å². The standard InChI is InChI=1S/C25H26N4O2/c1-19(23-14-9-15-31-23)26-24(30)18-28(2)16-21-17-29(22-12-7-4-8-13-22)27-25(21)20-10-5-3-6-11-20/h3-15,17,19H,16,18H2,1-2H3,(H,26,30)/p+1/t19-/m1/s1. The monoisotopic (exact) mass is 415 g/mol. The first-order chi connectivity index (χ1) is 15.1. The number of furan rings is 1. The Morgan fingerprint density at radius 1 is 1.06 bits per heavy atom. The van der Waals surface area contributed by atoms with Crippen LogP contribution in [-0.2, 0) is 11.3 Å². The highest BCUT2D eigenvalue weighted by Crippen LogP contribution is 2.23. The van der Waals surface area contributed by atoms with Gasteiger partial charge in [0.2, 0.25) is 0 Å². The van der Waals surface area contributed by atoms with Gasteiger partial charge in [0.1, 0.15) is 18.0 Å². The van der Waals surface area contributed by atoms with E-state index >= 15 is 0 Å². The van der Waals surface area contributed by atoms with Gasteiger partial charge < -0.3 is 14.6 Å². The van der Waals surface area contributed by atoms with E-state index in [2.05, 4.69) is 23.6 Å². The predicted octanol–water partition coefficient (Wildman–Crippen LogP) is 3.02. The van der Waals surface area contributed by atoms with Gasteiger partial charge in [-0.1, -0.05) is 48.5 Å². The Morgan fingerprint density at radius 2 is 1.77 bits per heavy atom. The highest BCUT2D eigenvalue weighted by molar-refractivity contribution is 5.77. The number of hydrogen-bond donors (Lipinski definition) is 2. The summed E-state index contributed by atoms with van der Waals surface area (Å²) < 4.78 is 7.28. The van der Waals surface area contributed by atoms with Crippen LogP contribution in [0.4, 0.5) is 0 Å². The molecular formula is C25H27N4O2+. The van der Waals surface area contributed by atoms with Crippen molar-refractivity contribution in [3.8, 4) is 16.9 Å². The van der Waals surface area contributed by atoms with Crippen LogP contribution in [0.25, 0.3) is 16.9 Å². The predicted molar refractivity (Wildman–Crippen MR) is 120 cm³/mol. The number of carbonyl (C=O) groups excluding carboxylic acids is 1. The number of rotatable bonds is 8. The van der Waals surface area contributed by atoms with E-state index in [1.54, 1.807) is 6.26 Å². The van der Waals surface area contributed by atoms with Gasteiger partial charge in [-0.3, -0.25) is 4.79 Å². The second-order valence-electron chi connectivity index (χ2n) is 7.76. The lowest BCUT2D eigenvalue weighted by molar-refractivity contribution is -0.885. The average molecular weight is 416 g/mol. The Kier molecular flexibility index (Phi) is 6.29. The lowest BCUT2D eigenvalue weighted by Gasteiger charge is -2.16. The molecule has 31 heavy (non-hydrogen) atoms. The van der Waals surface area contributed by atoms with E-state index in [4.69, 9.17) is 9.52 Å². The fourth-order valence-electron chi connectivity index (χ4n) is 3.65. The largest absolute Gasteiger partial charge is 0.467 e. The van der Waals surface area contributed by atoms with Gasteiger partial charge in [0.15, 0.2) is 6.54 Å². The Labute approximate surface area is 182 Å². The maximum absolute atomic E-state index is 12.5. The van der Waals surface area contributed by atoms with Gasteiger partial charge in [-0.25, -0.2) is 4.68 Å². The number of likely N-dealkylation sites (N-methyl/N-ethyl adjacent to an activating group) is 1. The third-order valence-electron chi connectivity index (χ3n) is 5.16. The number of benzene rings is 2. The van der Waals surface area contributed by atoms with Gasteiger partial charge in [-0.15, -0.1) is 0 Å². The molecule has 0 radical (unpaired) electrons. The molecule has 0 aliphatic rings. The molecule has 0 fully saturated rings. The zero-order valence-electron chi connectivity index (χ0n) is 17.8. The molecule has 0 aliphatic heterocycles. The van der Waals surface area contributed by atoms with E-state index in [1.165, 1.54) is 0 Å². The van der Waals surface area contributed by atoms with Crippen LogP contribution in [0.2, 0.25) is 0 Å². The maximum atomic E-state index is 12.5. The molecule has 6 nitrogen and oxygen atoms in total. The molecular weight excluding hydrogens is 388 g/mol. The Balaban J connectivity index is 1.50. The van der Waals surface area contributed by atoms with Gasteiger partial charge in [0, 0.05) is 11.8 Å². The number of para-hydroxylation sites is 1. The molecule has 2 atom stereocenters. The SMILES string of the molecule is C[C@@H](NC(=O)C[NH+](C)Cc1cn(-c2ccccc2)nc1-c1ccccc1)c1ccco1. The summed E-state index contributed by atoms with van der Waals surface area (Å²) in [4.78, 5) is 13.6. The van der Waals surface area contributed by atoms with Crippen molar-refractivity contribution in [1.29, 1.82) is 0 Å². The fraction of sp³-hybridized carbons (Fsp3) is 0.200. The number of nitrogens with zero attached hydrogens (tertiary/aromatic N) is 2. The van der Waals surface area contributed by atoms with Crippen molar-refractivity contribution in [3.63, 3.8) is 0 Å². The lowest BCUT2D eigenvalue weighted by atomic mass is 10.1. The summed E-state index contributed by atoms with van der Waals surface area (Å²) in [5, 5.41) is 7.86. The molecule has 0 aliphatic carbocycles. The van der Waals surface area contributed by atoms with Crippen LogP contribution in [0, 0.1) is 0 Å². The fourth-order valence-corrected chi connectivity index (χ4v) is 3.65. The quantitative estimate of drug-likeness (QED) is 0.465. The zero-order chi connectivity index (χ0) is 21.6. The third-order valence-corrected chi connectivity index (χ3v) is 5.16. The van der Waals surface area contributed by atoms with Crippen molar-refractivity contribution in [3.05, 3.63) is 96.6 Å². The van der Waals surface area contributed by atoms with Crippen molar-refractivity contribution in [2.24, 2.45) is 0 Å². The van der Waals surface area contributed by atoms with Crippen LogP contribution in [0.1, 0.15) is 24.3 Å². The zero-order valence-corrected chi connectivity index (χ0v) is 17.8. The molecule has 0 saturated heterocycles. The lowest BCUT2D eigenvalue weighted by Crippen LogP contribution is -3.08. The number of quaternary nitrogens is 1. The average Bonchev–Trinajstić information content (AvgIpc) is 3.45. The minimum Gasteiger partial charge on any atom is -0.467 e. The normalized spacial score (nSPS) is 13.0. The van der Waals surface area contributed by atoms with Crippen LogP contribution in [-0.4, -0.2) is 29.3 Å². The van der Waals surface area contributed by atoms with Gasteiger partial charge >= 0.3 is 0 Å². The molecule has 1 unspecified atom stereocenters. The molecule has 2 aromatic carbocycles. The first-order valence-electron chi connectivity index (χ1n) is 10.4. The van der Waals surface area contributed by atoms with Crippen molar-refractivity contribution >= 4 is 5.91 Å². The van der Waals surface area contributed by atoms with Crippen LogP contribution < -0.4 is 10.2 Å². The molecule has 0 spiro atoms. The van der Waals surface area contributed by atoms with Gasteiger partial charge in [0.25, 0.3) is 5.91 Å². The van der Waals surface area contributed by atoms with Crippen LogP contribution in [0.5, 0.6) is 0 Å². The number of aromatic nitrogens is 2. The highest BCUT2D eigenvalue weighted by Gasteiger charge is 2.19. The molecule has 6 heteroatoms. The van der Waals surface area contributed by atoms with Gasteiger partial charge in [-0.2, -0.15) is 5.10 Å². The minimum absolute atomic E-state index is 0.0156. The molecule has 0 bridgehead atoms.